The molecule has 0 radical (unpaired) electrons. The molecular formula is C45H31Cl3N10O6S3. The molecule has 0 atom stereocenters. The van der Waals surface area contributed by atoms with Crippen LogP contribution < -0.4 is 36.6 Å². The molecule has 7 N–H and O–H groups in total. The van der Waals surface area contributed by atoms with E-state index in [0.29, 0.717) is 70.7 Å². The highest BCUT2D eigenvalue weighted by Crippen LogP contribution is 2.28. The Balaban J connectivity index is 0.000000149. The monoisotopic (exact) mass is 1010 g/mol. The van der Waals surface area contributed by atoms with Crippen molar-refractivity contribution in [1.29, 1.82) is 5.26 Å². The average molecular weight is 1010 g/mol. The number of anilines is 6. The van der Waals surface area contributed by atoms with Gasteiger partial charge in [0.25, 0.3) is 0 Å². The molecule has 9 rings (SSSR count). The van der Waals surface area contributed by atoms with Gasteiger partial charge < -0.3 is 55.3 Å². The van der Waals surface area contributed by atoms with E-state index in [9.17, 15) is 4.79 Å². The lowest BCUT2D eigenvalue weighted by molar-refractivity contribution is 0.0697. The lowest BCUT2D eigenvalue weighted by Gasteiger charge is -2.09. The summed E-state index contributed by atoms with van der Waals surface area (Å²) in [6, 6.07) is 38.5. The third kappa shape index (κ3) is 12.8. The van der Waals surface area contributed by atoms with Crippen molar-refractivity contribution in [2.45, 2.75) is 0 Å². The summed E-state index contributed by atoms with van der Waals surface area (Å²) in [6.07, 6.45) is 0. The number of aromatic carboxylic acids is 1. The van der Waals surface area contributed by atoms with Gasteiger partial charge in [0, 0.05) is 50.3 Å². The molecule has 0 saturated carbocycles. The van der Waals surface area contributed by atoms with Crippen LogP contribution >= 0.6 is 71.5 Å². The normalized spacial score (nSPS) is 10.4. The van der Waals surface area contributed by atoms with Crippen LogP contribution in [0.4, 0.5) is 34.5 Å². The number of carbonyl (C=O) groups is 1. The Labute approximate surface area is 411 Å². The number of fused-ring (bicyclic) bond motifs is 3. The molecule has 0 fully saturated rings. The minimum absolute atomic E-state index is 0.166. The maximum Gasteiger partial charge on any atom is 0.335 e. The van der Waals surface area contributed by atoms with Gasteiger partial charge in [-0.3, -0.25) is 0 Å². The number of benzene rings is 6. The summed E-state index contributed by atoms with van der Waals surface area (Å²) in [5.41, 5.74) is 4.64. The number of ether oxygens (including phenoxy) is 1. The van der Waals surface area contributed by atoms with E-state index >= 15 is 0 Å². The molecule has 0 amide bonds. The topological polar surface area (TPSA) is 221 Å². The second-order valence-electron chi connectivity index (χ2n) is 13.6. The van der Waals surface area contributed by atoms with Crippen molar-refractivity contribution in [2.75, 3.05) is 39.0 Å². The number of carboxylic acids is 1. The van der Waals surface area contributed by atoms with Gasteiger partial charge in [0.1, 0.15) is 5.75 Å². The van der Waals surface area contributed by atoms with Gasteiger partial charge in [0.05, 0.1) is 40.5 Å². The van der Waals surface area contributed by atoms with E-state index in [1.54, 1.807) is 92.0 Å². The van der Waals surface area contributed by atoms with Gasteiger partial charge in [-0.15, -0.1) is 0 Å². The third-order valence-corrected chi connectivity index (χ3v) is 10.3. The summed E-state index contributed by atoms with van der Waals surface area (Å²) >= 11 is 33.4. The second kappa shape index (κ2) is 22.1. The predicted octanol–water partition coefficient (Wildman–Crippen LogP) is 12.4. The quantitative estimate of drug-likeness (QED) is 0.0703. The summed E-state index contributed by atoms with van der Waals surface area (Å²) in [6.45, 7) is 0. The van der Waals surface area contributed by atoms with Gasteiger partial charge in [-0.2, -0.15) is 5.26 Å². The van der Waals surface area contributed by atoms with Crippen LogP contribution in [0, 0.1) is 11.3 Å². The number of methoxy groups -OCH3 is 1. The van der Waals surface area contributed by atoms with E-state index in [2.05, 4.69) is 53.4 Å². The molecule has 0 spiro atoms. The molecule has 0 saturated heterocycles. The van der Waals surface area contributed by atoms with Gasteiger partial charge >= 0.3 is 5.97 Å². The van der Waals surface area contributed by atoms with Crippen LogP contribution in [-0.2, 0) is 0 Å². The Morgan fingerprint density at radius 2 is 0.970 bits per heavy atom. The smallest absolute Gasteiger partial charge is 0.335 e. The number of halogens is 3. The highest BCUT2D eigenvalue weighted by atomic mass is 35.5. The lowest BCUT2D eigenvalue weighted by atomic mass is 10.2. The number of hydrogen-bond donors (Lipinski definition) is 7. The summed E-state index contributed by atoms with van der Waals surface area (Å²) in [7, 11) is 1.62. The van der Waals surface area contributed by atoms with Crippen molar-refractivity contribution >= 4 is 160 Å². The lowest BCUT2D eigenvalue weighted by Crippen LogP contribution is -2.19. The van der Waals surface area contributed by atoms with Crippen LogP contribution in [0.1, 0.15) is 15.9 Å². The number of rotatable bonds is 8. The van der Waals surface area contributed by atoms with E-state index in [0.717, 1.165) is 33.3 Å². The number of aromatic nitrogens is 3. The molecule has 0 unspecified atom stereocenters. The zero-order valence-corrected chi connectivity index (χ0v) is 39.0. The van der Waals surface area contributed by atoms with Crippen LogP contribution in [-0.4, -0.2) is 49.0 Å². The number of carboxylic acid groups (broad SMARTS) is 1. The molecule has 16 nitrogen and oxygen atoms in total. The Morgan fingerprint density at radius 1 is 0.567 bits per heavy atom. The largest absolute Gasteiger partial charge is 0.497 e. The Hall–Kier alpha value is -7.57. The molecule has 3 heterocycles. The van der Waals surface area contributed by atoms with E-state index in [4.69, 9.17) is 100 Å². The number of nitrogens with zero attached hydrogens (tertiary/aromatic N) is 4. The molecule has 336 valence electrons. The minimum Gasteiger partial charge on any atom is -0.497 e. The fourth-order valence-corrected chi connectivity index (χ4v) is 6.98. The fraction of sp³-hybridized carbons (Fsp3) is 0.0222. The SMILES string of the molecule is COc1ccc(NC(=S)Nc2noc3cc(Cl)ccc23)cc1.N#Cc1ccc(NC(=S)Nc2noc3cc(Cl)ccc23)cc1.O=C(O)c1cccc(NC(=S)Nc2noc3cc(Cl)ccc23)c1. The first-order chi connectivity index (χ1) is 32.3. The van der Waals surface area contributed by atoms with Crippen molar-refractivity contribution in [3.8, 4) is 11.8 Å². The van der Waals surface area contributed by atoms with E-state index in [1.807, 2.05) is 30.3 Å². The number of hydrogen-bond acceptors (Lipinski definition) is 12. The molecule has 0 aliphatic rings. The molecule has 0 aliphatic heterocycles. The van der Waals surface area contributed by atoms with Crippen LogP contribution in [0.5, 0.6) is 5.75 Å². The summed E-state index contributed by atoms with van der Waals surface area (Å²) in [4.78, 5) is 11.0. The van der Waals surface area contributed by atoms with Crippen molar-refractivity contribution in [3.63, 3.8) is 0 Å². The highest BCUT2D eigenvalue weighted by molar-refractivity contribution is 7.81. The number of nitriles is 1. The molecule has 22 heteroatoms. The number of nitrogens with one attached hydrogen (secondary N) is 6. The van der Waals surface area contributed by atoms with Crippen molar-refractivity contribution in [3.05, 3.63) is 154 Å². The first-order valence-corrected chi connectivity index (χ1v) is 21.6. The van der Waals surface area contributed by atoms with Gasteiger partial charge in [-0.05, 0) is 140 Å². The van der Waals surface area contributed by atoms with Crippen molar-refractivity contribution < 1.29 is 28.2 Å². The number of thiocarbonyl (C=S) groups is 3. The Morgan fingerprint density at radius 3 is 1.36 bits per heavy atom. The van der Waals surface area contributed by atoms with Crippen LogP contribution in [0.3, 0.4) is 0 Å². The standard InChI is InChI=1S/C15H9ClN4OS.C15H10ClN3O3S.C15H12ClN3O2S/c16-10-3-6-12-13(7-10)21-20-14(12)19-15(22)18-11-4-1-9(8-17)2-5-11;16-9-4-5-11-12(7-9)22-19-13(11)18-15(23)17-10-3-1-2-8(6-10)14(20)21;1-20-11-5-3-10(4-6-11)17-15(22)18-14-12-7-2-9(16)8-13(12)21-19-14/h1-7H,(H2,18,19,20,22);1-7H,(H,20,21)(H2,17,18,19,23);2-8H,1H3,(H2,17,18,19,22). The Bertz CT molecular complexity index is 3310. The van der Waals surface area contributed by atoms with Crippen molar-refractivity contribution in [2.24, 2.45) is 0 Å². The zero-order chi connectivity index (χ0) is 47.5. The average Bonchev–Trinajstić information content (AvgIpc) is 4.03. The molecule has 0 aliphatic carbocycles. The summed E-state index contributed by atoms with van der Waals surface area (Å²) in [5, 5.41) is 52.5. The molecule has 9 aromatic rings. The fourth-order valence-electron chi connectivity index (χ4n) is 5.85. The molecular weight excluding hydrogens is 979 g/mol. The highest BCUT2D eigenvalue weighted by Gasteiger charge is 2.13. The van der Waals surface area contributed by atoms with Gasteiger partial charge in [-0.25, -0.2) is 4.79 Å². The van der Waals surface area contributed by atoms with Crippen LogP contribution in [0.25, 0.3) is 32.9 Å². The van der Waals surface area contributed by atoms with E-state index in [-0.39, 0.29) is 10.7 Å². The summed E-state index contributed by atoms with van der Waals surface area (Å²) in [5.74, 6) is 1.27. The predicted molar refractivity (Wildman–Crippen MR) is 274 cm³/mol. The van der Waals surface area contributed by atoms with Crippen molar-refractivity contribution in [1.82, 2.24) is 15.5 Å². The Kier molecular flexibility index (Phi) is 15.6. The maximum atomic E-state index is 11.0. The first-order valence-electron chi connectivity index (χ1n) is 19.2. The van der Waals surface area contributed by atoms with Gasteiger partial charge in [0.2, 0.25) is 0 Å². The van der Waals surface area contributed by atoms with Gasteiger partial charge in [-0.1, -0.05) is 56.3 Å². The van der Waals surface area contributed by atoms with Crippen LogP contribution in [0.15, 0.2) is 141 Å². The molecule has 0 bridgehead atoms. The maximum absolute atomic E-state index is 11.0. The first kappa shape index (κ1) is 47.4. The minimum atomic E-state index is -1.01. The molecule has 6 aromatic carbocycles. The van der Waals surface area contributed by atoms with Crippen LogP contribution in [0.2, 0.25) is 15.1 Å². The zero-order valence-electron chi connectivity index (χ0n) is 34.3. The molecule has 3 aromatic heterocycles. The molecule has 67 heavy (non-hydrogen) atoms. The third-order valence-electron chi connectivity index (χ3n) is 8.99. The van der Waals surface area contributed by atoms with E-state index < -0.39 is 5.97 Å². The van der Waals surface area contributed by atoms with Gasteiger partial charge in [0.15, 0.2) is 49.5 Å². The summed E-state index contributed by atoms with van der Waals surface area (Å²) < 4.78 is 20.7. The second-order valence-corrected chi connectivity index (χ2v) is 16.1. The van der Waals surface area contributed by atoms with E-state index in [1.165, 1.54) is 12.1 Å².